The van der Waals surface area contributed by atoms with Crippen molar-refractivity contribution in [3.05, 3.63) is 45.6 Å². The number of thioether (sulfide) groups is 1. The Kier molecular flexibility index (Phi) is 3.82. The van der Waals surface area contributed by atoms with Crippen LogP contribution in [-0.2, 0) is 4.79 Å². The molecule has 1 amide bonds. The van der Waals surface area contributed by atoms with Gasteiger partial charge in [0.2, 0.25) is 0 Å². The number of nitro groups is 1. The molecule has 0 bridgehead atoms. The molecule has 2 heterocycles. The molecule has 1 aromatic heterocycles. The lowest BCUT2D eigenvalue weighted by atomic mass is 10.3. The van der Waals surface area contributed by atoms with Gasteiger partial charge in [-0.15, -0.1) is 6.58 Å². The highest BCUT2D eigenvalue weighted by molar-refractivity contribution is 8.26. The average molecular weight is 296 g/mol. The molecule has 0 radical (unpaired) electrons. The highest BCUT2D eigenvalue weighted by Crippen LogP contribution is 2.33. The predicted octanol–water partition coefficient (Wildman–Crippen LogP) is 2.58. The van der Waals surface area contributed by atoms with Gasteiger partial charge in [0, 0.05) is 12.6 Å². The molecule has 0 atom stereocenters. The molecule has 0 N–H and O–H groups in total. The summed E-state index contributed by atoms with van der Waals surface area (Å²) in [6.07, 6.45) is 3.01. The number of hydrogen-bond acceptors (Lipinski definition) is 6. The molecule has 0 aromatic carbocycles. The number of nitrogens with zero attached hydrogens (tertiary/aromatic N) is 2. The van der Waals surface area contributed by atoms with E-state index >= 15 is 0 Å². The summed E-state index contributed by atoms with van der Waals surface area (Å²) < 4.78 is 5.39. The quantitative estimate of drug-likeness (QED) is 0.279. The third-order valence-corrected chi connectivity index (χ3v) is 3.63. The van der Waals surface area contributed by atoms with E-state index in [4.69, 9.17) is 16.6 Å². The molecule has 98 valence electrons. The van der Waals surface area contributed by atoms with Gasteiger partial charge < -0.3 is 4.42 Å². The van der Waals surface area contributed by atoms with Crippen LogP contribution in [-0.4, -0.2) is 26.6 Å². The summed E-state index contributed by atoms with van der Waals surface area (Å²) in [6.45, 7) is 3.88. The Labute approximate surface area is 117 Å². The van der Waals surface area contributed by atoms with E-state index in [1.807, 2.05) is 0 Å². The van der Waals surface area contributed by atoms with Crippen LogP contribution in [0.1, 0.15) is 5.76 Å². The summed E-state index contributed by atoms with van der Waals surface area (Å²) in [5, 5.41) is 10.5. The minimum atomic E-state index is -0.639. The lowest BCUT2D eigenvalue weighted by Crippen LogP contribution is -2.27. The topological polar surface area (TPSA) is 76.6 Å². The molecule has 1 aliphatic rings. The van der Waals surface area contributed by atoms with Gasteiger partial charge >= 0.3 is 5.88 Å². The average Bonchev–Trinajstić information content (AvgIpc) is 2.91. The smallest absolute Gasteiger partial charge is 0.401 e. The first-order chi connectivity index (χ1) is 9.02. The predicted molar refractivity (Wildman–Crippen MR) is 75.4 cm³/mol. The van der Waals surface area contributed by atoms with Crippen molar-refractivity contribution in [1.82, 2.24) is 4.90 Å². The number of hydrogen-bond donors (Lipinski definition) is 0. The maximum atomic E-state index is 12.0. The fourth-order valence-corrected chi connectivity index (χ4v) is 2.69. The van der Waals surface area contributed by atoms with Gasteiger partial charge in [-0.3, -0.25) is 19.8 Å². The van der Waals surface area contributed by atoms with Gasteiger partial charge in [0.1, 0.15) is 15.0 Å². The van der Waals surface area contributed by atoms with Crippen molar-refractivity contribution in [1.29, 1.82) is 0 Å². The molecule has 6 nitrogen and oxygen atoms in total. The van der Waals surface area contributed by atoms with Crippen LogP contribution in [0, 0.1) is 10.1 Å². The van der Waals surface area contributed by atoms with E-state index in [-0.39, 0.29) is 17.6 Å². The number of thiocarbonyl (C=S) groups is 1. The lowest BCUT2D eigenvalue weighted by Gasteiger charge is -2.10. The summed E-state index contributed by atoms with van der Waals surface area (Å²) >= 11 is 6.19. The van der Waals surface area contributed by atoms with Crippen molar-refractivity contribution in [2.75, 3.05) is 6.54 Å². The van der Waals surface area contributed by atoms with Gasteiger partial charge in [0.25, 0.3) is 5.91 Å². The third-order valence-electron chi connectivity index (χ3n) is 2.25. The molecule has 8 heteroatoms. The molecule has 2 rings (SSSR count). The fraction of sp³-hybridized carbons (Fsp3) is 0.0909. The van der Waals surface area contributed by atoms with Crippen molar-refractivity contribution in [3.63, 3.8) is 0 Å². The van der Waals surface area contributed by atoms with Gasteiger partial charge in [-0.2, -0.15) is 0 Å². The largest absolute Gasteiger partial charge is 0.433 e. The number of carbonyl (C=O) groups excluding carboxylic acids is 1. The Morgan fingerprint density at radius 1 is 1.58 bits per heavy atom. The Balaban J connectivity index is 2.24. The highest BCUT2D eigenvalue weighted by Gasteiger charge is 2.31. The maximum Gasteiger partial charge on any atom is 0.433 e. The Morgan fingerprint density at radius 2 is 2.32 bits per heavy atom. The molecule has 1 saturated heterocycles. The van der Waals surface area contributed by atoms with E-state index < -0.39 is 4.92 Å². The number of furan rings is 1. The monoisotopic (exact) mass is 296 g/mol. The normalized spacial score (nSPS) is 17.3. The van der Waals surface area contributed by atoms with E-state index in [1.165, 1.54) is 23.1 Å². The lowest BCUT2D eigenvalue weighted by molar-refractivity contribution is -0.402. The molecule has 1 fully saturated rings. The summed E-state index contributed by atoms with van der Waals surface area (Å²) in [7, 11) is 0. The van der Waals surface area contributed by atoms with Crippen LogP contribution in [0.5, 0.6) is 0 Å². The fourth-order valence-electron chi connectivity index (χ4n) is 1.43. The zero-order valence-corrected chi connectivity index (χ0v) is 11.2. The summed E-state index contributed by atoms with van der Waals surface area (Å²) in [5.74, 6) is -0.382. The molecule has 1 aliphatic heterocycles. The van der Waals surface area contributed by atoms with Crippen LogP contribution in [0.4, 0.5) is 5.88 Å². The third kappa shape index (κ3) is 2.74. The Morgan fingerprint density at radius 3 is 2.89 bits per heavy atom. The SMILES string of the molecule is C=CCN1C(=O)C(=Cc2ccc([N+](=O)[O-])o2)SC1=S. The zero-order chi connectivity index (χ0) is 14.0. The highest BCUT2D eigenvalue weighted by atomic mass is 32.2. The van der Waals surface area contributed by atoms with Crippen LogP contribution in [0.3, 0.4) is 0 Å². The van der Waals surface area contributed by atoms with Crippen molar-refractivity contribution in [2.24, 2.45) is 0 Å². The molecular weight excluding hydrogens is 288 g/mol. The van der Waals surface area contributed by atoms with Gasteiger partial charge in [0.05, 0.1) is 11.0 Å². The molecule has 0 unspecified atom stereocenters. The first-order valence-corrected chi connectivity index (χ1v) is 6.36. The van der Waals surface area contributed by atoms with E-state index in [0.717, 1.165) is 11.8 Å². The van der Waals surface area contributed by atoms with Gasteiger partial charge in [0.15, 0.2) is 0 Å². The number of carbonyl (C=O) groups is 1. The second kappa shape index (κ2) is 5.37. The second-order valence-corrected chi connectivity index (χ2v) is 5.19. The van der Waals surface area contributed by atoms with Crippen molar-refractivity contribution < 1.29 is 14.1 Å². The molecule has 0 aliphatic carbocycles. The zero-order valence-electron chi connectivity index (χ0n) is 9.57. The van der Waals surface area contributed by atoms with E-state index in [2.05, 4.69) is 6.58 Å². The summed E-state index contributed by atoms with van der Waals surface area (Å²) in [4.78, 5) is 23.6. The van der Waals surface area contributed by atoms with Crippen molar-refractivity contribution >= 4 is 46.2 Å². The van der Waals surface area contributed by atoms with Gasteiger partial charge in [-0.25, -0.2) is 0 Å². The van der Waals surface area contributed by atoms with Gasteiger partial charge in [-0.05, 0) is 6.07 Å². The molecule has 19 heavy (non-hydrogen) atoms. The summed E-state index contributed by atoms with van der Waals surface area (Å²) in [5.41, 5.74) is 0. The molecular formula is C11H8N2O4S2. The number of amides is 1. The molecule has 0 saturated carbocycles. The van der Waals surface area contributed by atoms with Crippen LogP contribution in [0.15, 0.2) is 34.1 Å². The first kappa shape index (κ1) is 13.5. The summed E-state index contributed by atoms with van der Waals surface area (Å²) in [6, 6.07) is 2.66. The maximum absolute atomic E-state index is 12.0. The van der Waals surface area contributed by atoms with E-state index in [0.29, 0.717) is 15.8 Å². The van der Waals surface area contributed by atoms with E-state index in [9.17, 15) is 14.9 Å². The first-order valence-electron chi connectivity index (χ1n) is 5.13. The Bertz CT molecular complexity index is 606. The number of rotatable bonds is 4. The van der Waals surface area contributed by atoms with Crippen molar-refractivity contribution in [3.8, 4) is 0 Å². The minimum Gasteiger partial charge on any atom is -0.401 e. The minimum absolute atomic E-state index is 0.241. The van der Waals surface area contributed by atoms with Crippen molar-refractivity contribution in [2.45, 2.75) is 0 Å². The Hall–Kier alpha value is -1.93. The standard InChI is InChI=1S/C11H8N2O4S2/c1-2-5-12-10(14)8(19-11(12)18)6-7-3-4-9(17-7)13(15)16/h2-4,6H,1,5H2. The van der Waals surface area contributed by atoms with Gasteiger partial charge in [-0.1, -0.05) is 30.1 Å². The van der Waals surface area contributed by atoms with Crippen LogP contribution < -0.4 is 0 Å². The molecule has 1 aromatic rings. The van der Waals surface area contributed by atoms with E-state index in [1.54, 1.807) is 6.08 Å². The van der Waals surface area contributed by atoms with Crippen LogP contribution >= 0.6 is 24.0 Å². The van der Waals surface area contributed by atoms with Crippen LogP contribution in [0.2, 0.25) is 0 Å². The molecule has 0 spiro atoms. The van der Waals surface area contributed by atoms with Crippen LogP contribution in [0.25, 0.3) is 6.08 Å². The second-order valence-electron chi connectivity index (χ2n) is 3.51.